The van der Waals surface area contributed by atoms with E-state index >= 15 is 0 Å². The van der Waals surface area contributed by atoms with Gasteiger partial charge in [0.25, 0.3) is 10.0 Å². The summed E-state index contributed by atoms with van der Waals surface area (Å²) in [5, 5.41) is -1.08. The van der Waals surface area contributed by atoms with Crippen molar-refractivity contribution >= 4 is 21.8 Å². The molecule has 4 rings (SSSR count). The molecule has 1 unspecified atom stereocenters. The highest BCUT2D eigenvalue weighted by Gasteiger charge is 2.47. The molecule has 1 aliphatic rings. The highest BCUT2D eigenvalue weighted by molar-refractivity contribution is 7.90. The lowest BCUT2D eigenvalue weighted by molar-refractivity contribution is 0.0802. The maximum absolute atomic E-state index is 14.2. The SMILES string of the molecule is C[C@H](CC1=NS(=O)(=O)C(c2ccc(-c3cccc(C(N)=O)c3)nc2)C(C)(C)O1)c1ccccc1F. The zero-order valence-electron chi connectivity index (χ0n) is 19.6. The van der Waals surface area contributed by atoms with E-state index in [4.69, 9.17) is 10.5 Å². The summed E-state index contributed by atoms with van der Waals surface area (Å²) in [7, 11) is -4.00. The lowest BCUT2D eigenvalue weighted by atomic mass is 9.95. The molecule has 2 heterocycles. The fourth-order valence-electron chi connectivity index (χ4n) is 4.39. The number of hydrogen-bond donors (Lipinski definition) is 1. The van der Waals surface area contributed by atoms with Gasteiger partial charge in [-0.3, -0.25) is 9.78 Å². The Hall–Kier alpha value is -3.59. The van der Waals surface area contributed by atoms with Gasteiger partial charge < -0.3 is 10.5 Å². The van der Waals surface area contributed by atoms with Crippen LogP contribution in [0, 0.1) is 5.82 Å². The summed E-state index contributed by atoms with van der Waals surface area (Å²) >= 11 is 0. The van der Waals surface area contributed by atoms with Gasteiger partial charge in [-0.05, 0) is 55.2 Å². The molecule has 0 radical (unpaired) electrons. The fraction of sp³-hybridized carbons (Fsp3) is 0.269. The Balaban J connectivity index is 1.61. The summed E-state index contributed by atoms with van der Waals surface area (Å²) in [4.78, 5) is 15.9. The standard InChI is InChI=1S/C26H26FN3O4S/c1-16(20-9-4-5-10-21(20)27)13-23-30-35(32,33)24(26(2,3)34-23)19-11-12-22(29-15-19)17-7-6-8-18(14-17)25(28)31/h4-12,14-16,24H,13H2,1-3H3,(H2,28,31)/t16-,24?/m1/s1. The Morgan fingerprint density at radius 1 is 1.14 bits per heavy atom. The number of carbonyl (C=O) groups excluding carboxylic acids is 1. The molecule has 0 spiro atoms. The number of pyridine rings is 1. The first-order valence-electron chi connectivity index (χ1n) is 11.1. The number of nitrogens with zero attached hydrogens (tertiary/aromatic N) is 2. The Kier molecular flexibility index (Phi) is 6.46. The van der Waals surface area contributed by atoms with Crippen LogP contribution in [0.3, 0.4) is 0 Å². The average molecular weight is 496 g/mol. The fourth-order valence-corrected chi connectivity index (χ4v) is 6.14. The number of carbonyl (C=O) groups is 1. The molecule has 2 atom stereocenters. The highest BCUT2D eigenvalue weighted by atomic mass is 32.2. The molecule has 0 fully saturated rings. The third kappa shape index (κ3) is 5.09. The summed E-state index contributed by atoms with van der Waals surface area (Å²) in [5.41, 5.74) is 6.70. The molecule has 2 N–H and O–H groups in total. The van der Waals surface area contributed by atoms with Gasteiger partial charge >= 0.3 is 0 Å². The summed E-state index contributed by atoms with van der Waals surface area (Å²) in [6, 6.07) is 16.4. The van der Waals surface area contributed by atoms with Gasteiger partial charge in [0.2, 0.25) is 11.8 Å². The van der Waals surface area contributed by atoms with E-state index in [9.17, 15) is 17.6 Å². The van der Waals surface area contributed by atoms with Gasteiger partial charge in [-0.1, -0.05) is 43.3 Å². The first-order valence-corrected chi connectivity index (χ1v) is 12.6. The first kappa shape index (κ1) is 24.5. The lowest BCUT2D eigenvalue weighted by Crippen LogP contribution is -2.43. The molecule has 3 aromatic rings. The van der Waals surface area contributed by atoms with Gasteiger partial charge in [-0.2, -0.15) is 0 Å². The predicted octanol–water partition coefficient (Wildman–Crippen LogP) is 4.76. The van der Waals surface area contributed by atoms with E-state index in [-0.39, 0.29) is 24.1 Å². The topological polar surface area (TPSA) is 112 Å². The number of amides is 1. The van der Waals surface area contributed by atoms with Crippen molar-refractivity contribution in [1.29, 1.82) is 0 Å². The molecule has 0 saturated carbocycles. The minimum Gasteiger partial charge on any atom is -0.472 e. The maximum atomic E-state index is 14.2. The van der Waals surface area contributed by atoms with Crippen molar-refractivity contribution in [3.63, 3.8) is 0 Å². The van der Waals surface area contributed by atoms with Crippen molar-refractivity contribution in [2.45, 2.75) is 44.0 Å². The maximum Gasteiger partial charge on any atom is 0.267 e. The number of sulfonamides is 1. The zero-order valence-corrected chi connectivity index (χ0v) is 20.4. The molecular weight excluding hydrogens is 469 g/mol. The van der Waals surface area contributed by atoms with Crippen molar-refractivity contribution < 1.29 is 22.3 Å². The lowest BCUT2D eigenvalue weighted by Gasteiger charge is -2.37. The van der Waals surface area contributed by atoms with Crippen LogP contribution in [0.5, 0.6) is 0 Å². The monoisotopic (exact) mass is 495 g/mol. The molecule has 0 bridgehead atoms. The summed E-state index contributed by atoms with van der Waals surface area (Å²) in [6.45, 7) is 5.16. The van der Waals surface area contributed by atoms with Crippen LogP contribution in [-0.2, 0) is 14.8 Å². The van der Waals surface area contributed by atoms with Crippen LogP contribution in [-0.4, -0.2) is 30.8 Å². The van der Waals surface area contributed by atoms with Gasteiger partial charge in [-0.15, -0.1) is 4.40 Å². The van der Waals surface area contributed by atoms with Crippen molar-refractivity contribution in [1.82, 2.24) is 4.98 Å². The van der Waals surface area contributed by atoms with Crippen LogP contribution in [0.4, 0.5) is 4.39 Å². The molecule has 182 valence electrons. The van der Waals surface area contributed by atoms with E-state index in [1.165, 1.54) is 12.3 Å². The molecule has 9 heteroatoms. The quantitative estimate of drug-likeness (QED) is 0.530. The van der Waals surface area contributed by atoms with Crippen LogP contribution in [0.2, 0.25) is 0 Å². The van der Waals surface area contributed by atoms with Crippen molar-refractivity contribution in [2.75, 3.05) is 0 Å². The average Bonchev–Trinajstić information content (AvgIpc) is 2.78. The summed E-state index contributed by atoms with van der Waals surface area (Å²) < 4.78 is 50.6. The minimum atomic E-state index is -4.00. The predicted molar refractivity (Wildman–Crippen MR) is 132 cm³/mol. The van der Waals surface area contributed by atoms with Crippen molar-refractivity contribution in [3.8, 4) is 11.3 Å². The second-order valence-corrected chi connectivity index (χ2v) is 10.8. The summed E-state index contributed by atoms with van der Waals surface area (Å²) in [5.74, 6) is -1.18. The second-order valence-electron chi connectivity index (χ2n) is 9.13. The van der Waals surface area contributed by atoms with Crippen LogP contribution in [0.1, 0.15) is 59.8 Å². The van der Waals surface area contributed by atoms with Crippen LogP contribution in [0.25, 0.3) is 11.3 Å². The molecular formula is C26H26FN3O4S. The van der Waals surface area contributed by atoms with E-state index in [0.717, 1.165) is 0 Å². The molecule has 7 nitrogen and oxygen atoms in total. The number of hydrogen-bond acceptors (Lipinski definition) is 5. The van der Waals surface area contributed by atoms with E-state index in [1.54, 1.807) is 75.4 Å². The highest BCUT2D eigenvalue weighted by Crippen LogP contribution is 2.41. The Bertz CT molecular complexity index is 1400. The number of primary amides is 1. The van der Waals surface area contributed by atoms with Crippen LogP contribution in [0.15, 0.2) is 71.3 Å². The number of halogens is 1. The largest absolute Gasteiger partial charge is 0.472 e. The molecule has 2 aromatic carbocycles. The molecule has 1 amide bonds. The Labute approximate surface area is 203 Å². The van der Waals surface area contributed by atoms with Crippen LogP contribution < -0.4 is 5.73 Å². The number of rotatable bonds is 6. The van der Waals surface area contributed by atoms with E-state index in [0.29, 0.717) is 27.9 Å². The number of benzene rings is 2. The van der Waals surface area contributed by atoms with E-state index in [2.05, 4.69) is 9.38 Å². The van der Waals surface area contributed by atoms with Crippen LogP contribution >= 0.6 is 0 Å². The Morgan fingerprint density at radius 2 is 1.89 bits per heavy atom. The second kappa shape index (κ2) is 9.22. The number of ether oxygens (including phenoxy) is 1. The van der Waals surface area contributed by atoms with Gasteiger partial charge in [-0.25, -0.2) is 12.8 Å². The third-order valence-electron chi connectivity index (χ3n) is 5.99. The normalized spacial score (nSPS) is 19.3. The van der Waals surface area contributed by atoms with Gasteiger partial charge in [0.1, 0.15) is 16.7 Å². The smallest absolute Gasteiger partial charge is 0.267 e. The van der Waals surface area contributed by atoms with Crippen molar-refractivity contribution in [3.05, 3.63) is 89.4 Å². The van der Waals surface area contributed by atoms with Gasteiger partial charge in [0, 0.05) is 23.7 Å². The van der Waals surface area contributed by atoms with Crippen molar-refractivity contribution in [2.24, 2.45) is 10.1 Å². The zero-order chi connectivity index (χ0) is 25.4. The molecule has 0 aliphatic carbocycles. The molecule has 35 heavy (non-hydrogen) atoms. The van der Waals surface area contributed by atoms with Gasteiger partial charge in [0.05, 0.1) is 5.69 Å². The molecule has 0 saturated heterocycles. The number of aromatic nitrogens is 1. The minimum absolute atomic E-state index is 0.0508. The first-order chi connectivity index (χ1) is 16.5. The molecule has 1 aromatic heterocycles. The Morgan fingerprint density at radius 3 is 2.51 bits per heavy atom. The van der Waals surface area contributed by atoms with E-state index < -0.39 is 26.8 Å². The number of nitrogens with two attached hydrogens (primary N) is 1. The van der Waals surface area contributed by atoms with Gasteiger partial charge in [0.15, 0.2) is 0 Å². The summed E-state index contributed by atoms with van der Waals surface area (Å²) in [6.07, 6.45) is 1.62. The third-order valence-corrected chi connectivity index (χ3v) is 7.88. The van der Waals surface area contributed by atoms with E-state index in [1.807, 2.05) is 0 Å². The molecule has 1 aliphatic heterocycles.